The SMILES string of the molecule is CC(=O)O.CCCCCCCCCCCCCCCC1=NCCN1CCO. The first-order valence-corrected chi connectivity index (χ1v) is 11.2. The van der Waals surface area contributed by atoms with Gasteiger partial charge < -0.3 is 15.1 Å². The Hall–Kier alpha value is -1.10. The summed E-state index contributed by atoms with van der Waals surface area (Å²) in [6, 6.07) is 0. The molecule has 1 aliphatic heterocycles. The molecule has 1 aliphatic rings. The van der Waals surface area contributed by atoms with E-state index in [4.69, 9.17) is 15.0 Å². The third kappa shape index (κ3) is 18.0. The van der Waals surface area contributed by atoms with E-state index in [1.807, 2.05) is 0 Å². The Labute approximate surface area is 167 Å². The number of aliphatic carboxylic acids is 1. The molecule has 0 aromatic heterocycles. The number of aliphatic imine (C=N–C) groups is 1. The van der Waals surface area contributed by atoms with Crippen molar-refractivity contribution in [3.63, 3.8) is 0 Å². The number of aliphatic hydroxyl groups is 1. The van der Waals surface area contributed by atoms with Gasteiger partial charge in [-0.2, -0.15) is 0 Å². The summed E-state index contributed by atoms with van der Waals surface area (Å²) in [5, 5.41) is 16.4. The summed E-state index contributed by atoms with van der Waals surface area (Å²) >= 11 is 0. The molecule has 0 fully saturated rings. The largest absolute Gasteiger partial charge is 0.481 e. The highest BCUT2D eigenvalue weighted by Crippen LogP contribution is 2.14. The number of hydrogen-bond acceptors (Lipinski definition) is 4. The van der Waals surface area contributed by atoms with Crippen molar-refractivity contribution >= 4 is 11.8 Å². The van der Waals surface area contributed by atoms with Crippen LogP contribution in [0.4, 0.5) is 0 Å². The minimum atomic E-state index is -0.833. The van der Waals surface area contributed by atoms with Crippen LogP contribution in [-0.2, 0) is 4.79 Å². The molecule has 27 heavy (non-hydrogen) atoms. The quantitative estimate of drug-likeness (QED) is 0.356. The van der Waals surface area contributed by atoms with Crippen LogP contribution in [-0.4, -0.2) is 53.2 Å². The van der Waals surface area contributed by atoms with Gasteiger partial charge in [0.2, 0.25) is 0 Å². The fraction of sp³-hybridized carbons (Fsp3) is 0.909. The van der Waals surface area contributed by atoms with Gasteiger partial charge in [-0.25, -0.2) is 0 Å². The molecule has 0 aliphatic carbocycles. The summed E-state index contributed by atoms with van der Waals surface area (Å²) in [6.07, 6.45) is 19.4. The number of carboxylic acid groups (broad SMARTS) is 1. The lowest BCUT2D eigenvalue weighted by Crippen LogP contribution is -2.30. The number of carboxylic acids is 1. The molecule has 0 unspecified atom stereocenters. The van der Waals surface area contributed by atoms with Crippen molar-refractivity contribution in [1.82, 2.24) is 4.90 Å². The van der Waals surface area contributed by atoms with Crippen LogP contribution in [0.1, 0.15) is 104 Å². The van der Waals surface area contributed by atoms with E-state index in [2.05, 4.69) is 16.8 Å². The van der Waals surface area contributed by atoms with Crippen molar-refractivity contribution in [1.29, 1.82) is 0 Å². The lowest BCUT2D eigenvalue weighted by Gasteiger charge is -2.18. The highest BCUT2D eigenvalue weighted by molar-refractivity contribution is 5.83. The third-order valence-corrected chi connectivity index (χ3v) is 4.90. The first-order valence-electron chi connectivity index (χ1n) is 11.2. The van der Waals surface area contributed by atoms with E-state index in [-0.39, 0.29) is 6.61 Å². The topological polar surface area (TPSA) is 73.1 Å². The maximum Gasteiger partial charge on any atom is 0.300 e. The van der Waals surface area contributed by atoms with E-state index in [9.17, 15) is 0 Å². The molecule has 160 valence electrons. The maximum absolute atomic E-state index is 9.03. The number of amidine groups is 1. The van der Waals surface area contributed by atoms with E-state index in [0.29, 0.717) is 0 Å². The third-order valence-electron chi connectivity index (χ3n) is 4.90. The van der Waals surface area contributed by atoms with Crippen molar-refractivity contribution in [3.8, 4) is 0 Å². The molecule has 0 spiro atoms. The van der Waals surface area contributed by atoms with Gasteiger partial charge in [0.15, 0.2) is 0 Å². The molecule has 0 atom stereocenters. The van der Waals surface area contributed by atoms with Gasteiger partial charge in [0.25, 0.3) is 5.97 Å². The zero-order valence-electron chi connectivity index (χ0n) is 17.9. The summed E-state index contributed by atoms with van der Waals surface area (Å²) in [7, 11) is 0. The number of carbonyl (C=O) groups is 1. The lowest BCUT2D eigenvalue weighted by molar-refractivity contribution is -0.134. The fourth-order valence-electron chi connectivity index (χ4n) is 3.43. The number of rotatable bonds is 16. The standard InChI is InChI=1S/C20H40N2O.C2H4O2/c1-2-3-4-5-6-7-8-9-10-11-12-13-14-15-20-21-16-17-22(20)18-19-23;1-2(3)4/h23H,2-19H2,1H3;1H3,(H,3,4). The van der Waals surface area contributed by atoms with Crippen LogP contribution >= 0.6 is 0 Å². The highest BCUT2D eigenvalue weighted by Gasteiger charge is 2.14. The zero-order chi connectivity index (χ0) is 20.2. The summed E-state index contributed by atoms with van der Waals surface area (Å²) in [5.74, 6) is 0.405. The molecule has 0 bridgehead atoms. The van der Waals surface area contributed by atoms with Gasteiger partial charge in [-0.3, -0.25) is 9.79 Å². The van der Waals surface area contributed by atoms with E-state index < -0.39 is 5.97 Å². The Bertz CT molecular complexity index is 369. The Balaban J connectivity index is 0.00000153. The molecule has 0 saturated carbocycles. The number of hydrogen-bond donors (Lipinski definition) is 2. The van der Waals surface area contributed by atoms with Gasteiger partial charge in [-0.05, 0) is 6.42 Å². The van der Waals surface area contributed by atoms with Gasteiger partial charge in [-0.15, -0.1) is 0 Å². The predicted molar refractivity (Wildman–Crippen MR) is 115 cm³/mol. The van der Waals surface area contributed by atoms with Gasteiger partial charge in [0, 0.05) is 26.4 Å². The molecule has 1 rings (SSSR count). The van der Waals surface area contributed by atoms with Crippen molar-refractivity contribution in [2.24, 2.45) is 4.99 Å². The predicted octanol–water partition coefficient (Wildman–Crippen LogP) is 5.27. The van der Waals surface area contributed by atoms with Gasteiger partial charge >= 0.3 is 0 Å². The number of unbranched alkanes of at least 4 members (excludes halogenated alkanes) is 12. The minimum absolute atomic E-state index is 0.248. The summed E-state index contributed by atoms with van der Waals surface area (Å²) < 4.78 is 0. The first kappa shape index (κ1) is 25.9. The summed E-state index contributed by atoms with van der Waals surface area (Å²) in [6.45, 7) is 6.31. The van der Waals surface area contributed by atoms with E-state index in [0.717, 1.165) is 33.0 Å². The van der Waals surface area contributed by atoms with Crippen LogP contribution in [0.3, 0.4) is 0 Å². The zero-order valence-corrected chi connectivity index (χ0v) is 17.9. The molecule has 0 radical (unpaired) electrons. The van der Waals surface area contributed by atoms with E-state index in [1.54, 1.807) is 0 Å². The van der Waals surface area contributed by atoms with Crippen LogP contribution < -0.4 is 0 Å². The lowest BCUT2D eigenvalue weighted by atomic mass is 10.0. The first-order chi connectivity index (χ1) is 13.1. The van der Waals surface area contributed by atoms with Gasteiger partial charge in [-0.1, -0.05) is 84.0 Å². The normalized spacial score (nSPS) is 13.3. The van der Waals surface area contributed by atoms with Crippen molar-refractivity contribution in [3.05, 3.63) is 0 Å². The molecular formula is C22H44N2O3. The number of aliphatic hydroxyl groups excluding tert-OH is 1. The average Bonchev–Trinajstić information content (AvgIpc) is 3.06. The van der Waals surface area contributed by atoms with Crippen molar-refractivity contribution in [2.75, 3.05) is 26.2 Å². The van der Waals surface area contributed by atoms with E-state index in [1.165, 1.54) is 89.3 Å². The molecule has 0 amide bonds. The molecule has 0 saturated heterocycles. The van der Waals surface area contributed by atoms with Crippen LogP contribution in [0.15, 0.2) is 4.99 Å². The van der Waals surface area contributed by atoms with Crippen molar-refractivity contribution < 1.29 is 15.0 Å². The molecule has 1 heterocycles. The fourth-order valence-corrected chi connectivity index (χ4v) is 3.43. The Morgan fingerprint density at radius 3 is 1.81 bits per heavy atom. The molecule has 0 aromatic carbocycles. The van der Waals surface area contributed by atoms with Crippen LogP contribution in [0.2, 0.25) is 0 Å². The Morgan fingerprint density at radius 2 is 1.37 bits per heavy atom. The summed E-state index contributed by atoms with van der Waals surface area (Å²) in [4.78, 5) is 15.8. The van der Waals surface area contributed by atoms with Crippen LogP contribution in [0.25, 0.3) is 0 Å². The van der Waals surface area contributed by atoms with Crippen molar-refractivity contribution in [2.45, 2.75) is 104 Å². The maximum atomic E-state index is 9.03. The second-order valence-corrected chi connectivity index (χ2v) is 7.52. The minimum Gasteiger partial charge on any atom is -0.481 e. The van der Waals surface area contributed by atoms with Gasteiger partial charge in [0.1, 0.15) is 0 Å². The molecular weight excluding hydrogens is 340 g/mol. The second kappa shape index (κ2) is 19.7. The second-order valence-electron chi connectivity index (χ2n) is 7.52. The number of nitrogens with zero attached hydrogens (tertiary/aromatic N) is 2. The van der Waals surface area contributed by atoms with Gasteiger partial charge in [0.05, 0.1) is 19.0 Å². The molecule has 5 nitrogen and oxygen atoms in total. The molecule has 2 N–H and O–H groups in total. The van der Waals surface area contributed by atoms with Crippen LogP contribution in [0.5, 0.6) is 0 Å². The van der Waals surface area contributed by atoms with E-state index >= 15 is 0 Å². The molecule has 0 aromatic rings. The smallest absolute Gasteiger partial charge is 0.300 e. The number of β-amino-alcohol motifs (C(OH)–C–C–N with tert-alkyl or cyclic N) is 1. The highest BCUT2D eigenvalue weighted by atomic mass is 16.4. The summed E-state index contributed by atoms with van der Waals surface area (Å²) in [5.41, 5.74) is 0. The Morgan fingerprint density at radius 1 is 0.926 bits per heavy atom. The molecule has 5 heteroatoms. The Kier molecular flexibility index (Phi) is 18.9. The average molecular weight is 385 g/mol. The monoisotopic (exact) mass is 384 g/mol. The van der Waals surface area contributed by atoms with Crippen LogP contribution in [0, 0.1) is 0 Å².